The Bertz CT molecular complexity index is 454. The second-order valence-corrected chi connectivity index (χ2v) is 3.95. The van der Waals surface area contributed by atoms with Gasteiger partial charge in [-0.2, -0.15) is 5.26 Å². The number of hydrogen-bond acceptors (Lipinski definition) is 4. The third-order valence-corrected chi connectivity index (χ3v) is 2.72. The summed E-state index contributed by atoms with van der Waals surface area (Å²) in [5, 5.41) is 17.9. The number of rotatable bonds is 6. The number of hydrogen-bond donors (Lipinski definition) is 2. The van der Waals surface area contributed by atoms with Gasteiger partial charge in [0.05, 0.1) is 23.9 Å². The molecule has 0 aliphatic rings. The molecule has 0 aromatic heterocycles. The highest BCUT2D eigenvalue weighted by Gasteiger charge is 2.19. The fourth-order valence-electron chi connectivity index (χ4n) is 1.79. The summed E-state index contributed by atoms with van der Waals surface area (Å²) in [6, 6.07) is 8.99. The van der Waals surface area contributed by atoms with E-state index in [4.69, 9.17) is 16.1 Å². The molecule has 0 bridgehead atoms. The number of benzene rings is 1. The Balaban J connectivity index is 3.00. The quantitative estimate of drug-likeness (QED) is 0.749. The van der Waals surface area contributed by atoms with Gasteiger partial charge in [-0.1, -0.05) is 19.1 Å². The predicted molar refractivity (Wildman–Crippen MR) is 70.1 cm³/mol. The highest BCUT2D eigenvalue weighted by molar-refractivity contribution is 5.71. The maximum Gasteiger partial charge on any atom is 0.305 e. The minimum absolute atomic E-state index is 0.0213. The second-order valence-electron chi connectivity index (χ2n) is 3.95. The number of aliphatic carboxylic acids is 1. The van der Waals surface area contributed by atoms with Crippen molar-refractivity contribution < 1.29 is 9.90 Å². The summed E-state index contributed by atoms with van der Waals surface area (Å²) < 4.78 is 0. The SMILES string of the molecule is CCC(C#N)N(CCC(=O)O)c1ccccc1N. The molecule has 0 aliphatic heterocycles. The molecule has 1 unspecified atom stereocenters. The number of anilines is 2. The minimum atomic E-state index is -0.887. The number of carboxylic acid groups (broad SMARTS) is 1. The van der Waals surface area contributed by atoms with Gasteiger partial charge in [0.1, 0.15) is 6.04 Å². The summed E-state index contributed by atoms with van der Waals surface area (Å²) in [5.74, 6) is -0.887. The summed E-state index contributed by atoms with van der Waals surface area (Å²) in [7, 11) is 0. The second kappa shape index (κ2) is 6.50. The molecular weight excluding hydrogens is 230 g/mol. The molecule has 3 N–H and O–H groups in total. The average Bonchev–Trinajstić information content (AvgIpc) is 2.35. The fourth-order valence-corrected chi connectivity index (χ4v) is 1.79. The van der Waals surface area contributed by atoms with Crippen molar-refractivity contribution in [1.82, 2.24) is 0 Å². The number of nitriles is 1. The van der Waals surface area contributed by atoms with Crippen LogP contribution in [0, 0.1) is 11.3 Å². The average molecular weight is 247 g/mol. The van der Waals surface area contributed by atoms with Crippen LogP contribution in [-0.4, -0.2) is 23.7 Å². The van der Waals surface area contributed by atoms with Crippen molar-refractivity contribution in [2.24, 2.45) is 0 Å². The fraction of sp³-hybridized carbons (Fsp3) is 0.385. The molecule has 1 aromatic rings. The Morgan fingerprint density at radius 2 is 2.22 bits per heavy atom. The summed E-state index contributed by atoms with van der Waals surface area (Å²) in [5.41, 5.74) is 7.14. The Kier molecular flexibility index (Phi) is 5.00. The van der Waals surface area contributed by atoms with Gasteiger partial charge in [-0.05, 0) is 18.6 Å². The molecule has 0 heterocycles. The largest absolute Gasteiger partial charge is 0.481 e. The number of nitrogens with two attached hydrogens (primary N) is 1. The first kappa shape index (κ1) is 13.8. The zero-order valence-electron chi connectivity index (χ0n) is 10.3. The molecule has 0 spiro atoms. The Morgan fingerprint density at radius 1 is 1.56 bits per heavy atom. The van der Waals surface area contributed by atoms with Crippen molar-refractivity contribution in [3.05, 3.63) is 24.3 Å². The molecule has 5 nitrogen and oxygen atoms in total. The number of nitrogens with zero attached hydrogens (tertiary/aromatic N) is 2. The van der Waals surface area contributed by atoms with Crippen molar-refractivity contribution >= 4 is 17.3 Å². The number of nitrogen functional groups attached to an aromatic ring is 1. The van der Waals surface area contributed by atoms with E-state index in [1.165, 1.54) is 0 Å². The van der Waals surface area contributed by atoms with Gasteiger partial charge in [0, 0.05) is 6.54 Å². The van der Waals surface area contributed by atoms with Crippen LogP contribution in [-0.2, 0) is 4.79 Å². The summed E-state index contributed by atoms with van der Waals surface area (Å²) in [4.78, 5) is 12.4. The van der Waals surface area contributed by atoms with Gasteiger partial charge < -0.3 is 15.7 Å². The molecule has 0 fully saturated rings. The maximum atomic E-state index is 10.7. The number of carbonyl (C=O) groups is 1. The van der Waals surface area contributed by atoms with E-state index in [9.17, 15) is 4.79 Å². The minimum Gasteiger partial charge on any atom is -0.481 e. The van der Waals surface area contributed by atoms with E-state index >= 15 is 0 Å². The van der Waals surface area contributed by atoms with Crippen LogP contribution in [0.4, 0.5) is 11.4 Å². The van der Waals surface area contributed by atoms with Crippen LogP contribution in [0.1, 0.15) is 19.8 Å². The van der Waals surface area contributed by atoms with Crippen molar-refractivity contribution in [1.29, 1.82) is 5.26 Å². The molecular formula is C13H17N3O2. The first-order valence-corrected chi connectivity index (χ1v) is 5.82. The summed E-state index contributed by atoms with van der Waals surface area (Å²) in [6.45, 7) is 2.16. The Hall–Kier alpha value is -2.22. The molecule has 5 heteroatoms. The zero-order valence-corrected chi connectivity index (χ0v) is 10.3. The van der Waals surface area contributed by atoms with Gasteiger partial charge in [-0.15, -0.1) is 0 Å². The normalized spacial score (nSPS) is 11.6. The van der Waals surface area contributed by atoms with Gasteiger partial charge in [0.2, 0.25) is 0 Å². The lowest BCUT2D eigenvalue weighted by atomic mass is 10.1. The lowest BCUT2D eigenvalue weighted by Crippen LogP contribution is -2.36. The number of para-hydroxylation sites is 2. The van der Waals surface area contributed by atoms with Crippen molar-refractivity contribution in [3.8, 4) is 6.07 Å². The van der Waals surface area contributed by atoms with E-state index in [-0.39, 0.29) is 19.0 Å². The van der Waals surface area contributed by atoms with Crippen LogP contribution in [0.25, 0.3) is 0 Å². The molecule has 0 saturated heterocycles. The van der Waals surface area contributed by atoms with Gasteiger partial charge in [0.15, 0.2) is 0 Å². The Labute approximate surface area is 106 Å². The van der Waals surface area contributed by atoms with Crippen molar-refractivity contribution in [2.75, 3.05) is 17.2 Å². The van der Waals surface area contributed by atoms with E-state index in [1.54, 1.807) is 17.0 Å². The predicted octanol–water partition coefficient (Wildman–Crippen LogP) is 1.85. The standard InChI is InChI=1S/C13H17N3O2/c1-2-10(9-14)16(8-7-13(17)18)12-6-4-3-5-11(12)15/h3-6,10H,2,7-8,15H2,1H3,(H,17,18). The summed E-state index contributed by atoms with van der Waals surface area (Å²) in [6.07, 6.45) is 0.594. The molecule has 96 valence electrons. The lowest BCUT2D eigenvalue weighted by Gasteiger charge is -2.29. The van der Waals surface area contributed by atoms with E-state index in [2.05, 4.69) is 6.07 Å². The monoisotopic (exact) mass is 247 g/mol. The maximum absolute atomic E-state index is 10.7. The van der Waals surface area contributed by atoms with Gasteiger partial charge >= 0.3 is 5.97 Å². The van der Waals surface area contributed by atoms with Crippen LogP contribution in [0.3, 0.4) is 0 Å². The van der Waals surface area contributed by atoms with Gasteiger partial charge in [-0.3, -0.25) is 4.79 Å². The lowest BCUT2D eigenvalue weighted by molar-refractivity contribution is -0.136. The van der Waals surface area contributed by atoms with Gasteiger partial charge in [0.25, 0.3) is 0 Å². The third-order valence-electron chi connectivity index (χ3n) is 2.72. The summed E-state index contributed by atoms with van der Waals surface area (Å²) >= 11 is 0. The smallest absolute Gasteiger partial charge is 0.305 e. The van der Waals surface area contributed by atoms with E-state index in [0.717, 1.165) is 0 Å². The van der Waals surface area contributed by atoms with E-state index in [0.29, 0.717) is 17.8 Å². The van der Waals surface area contributed by atoms with E-state index < -0.39 is 5.97 Å². The first-order valence-electron chi connectivity index (χ1n) is 5.82. The zero-order chi connectivity index (χ0) is 13.5. The van der Waals surface area contributed by atoms with Crippen LogP contribution < -0.4 is 10.6 Å². The third kappa shape index (κ3) is 3.39. The van der Waals surface area contributed by atoms with Crippen molar-refractivity contribution in [3.63, 3.8) is 0 Å². The first-order chi connectivity index (χ1) is 8.60. The molecule has 1 rings (SSSR count). The molecule has 0 aliphatic carbocycles. The Morgan fingerprint density at radius 3 is 2.72 bits per heavy atom. The highest BCUT2D eigenvalue weighted by atomic mass is 16.4. The van der Waals surface area contributed by atoms with Gasteiger partial charge in [-0.25, -0.2) is 0 Å². The molecule has 0 amide bonds. The van der Waals surface area contributed by atoms with Crippen LogP contribution in [0.5, 0.6) is 0 Å². The van der Waals surface area contributed by atoms with E-state index in [1.807, 2.05) is 19.1 Å². The molecule has 1 aromatic carbocycles. The molecule has 0 saturated carbocycles. The number of carboxylic acids is 1. The topological polar surface area (TPSA) is 90.3 Å². The highest BCUT2D eigenvalue weighted by Crippen LogP contribution is 2.25. The van der Waals surface area contributed by atoms with Crippen LogP contribution in [0.15, 0.2) is 24.3 Å². The molecule has 0 radical (unpaired) electrons. The van der Waals surface area contributed by atoms with Crippen LogP contribution in [0.2, 0.25) is 0 Å². The van der Waals surface area contributed by atoms with Crippen LogP contribution >= 0.6 is 0 Å². The molecule has 18 heavy (non-hydrogen) atoms. The molecule has 1 atom stereocenters. The van der Waals surface area contributed by atoms with Crippen molar-refractivity contribution in [2.45, 2.75) is 25.8 Å².